The molecule has 72 valence electrons. The molecule has 6 nitrogen and oxygen atoms in total. The fourth-order valence-electron chi connectivity index (χ4n) is 0.858. The molecule has 0 aliphatic heterocycles. The van der Waals surface area contributed by atoms with Crippen molar-refractivity contribution in [2.24, 2.45) is 0 Å². The first-order valence-electron chi connectivity index (χ1n) is 4.14. The zero-order valence-corrected chi connectivity index (χ0v) is 7.53. The standard InChI is InChI=1S/C7H13N5O/c1-2-3-9-7(13)5-12-4-6(8)10-11-12/h4H,2-3,5,8H2,1H3,(H,9,13). The second-order valence-corrected chi connectivity index (χ2v) is 2.69. The summed E-state index contributed by atoms with van der Waals surface area (Å²) in [5.74, 6) is 0.245. The van der Waals surface area contributed by atoms with Crippen molar-refractivity contribution in [3.05, 3.63) is 6.20 Å². The smallest absolute Gasteiger partial charge is 0.241 e. The van der Waals surface area contributed by atoms with Crippen LogP contribution >= 0.6 is 0 Å². The first-order chi connectivity index (χ1) is 6.22. The lowest BCUT2D eigenvalue weighted by Crippen LogP contribution is -2.28. The van der Waals surface area contributed by atoms with Crippen LogP contribution < -0.4 is 11.1 Å². The third-order valence-electron chi connectivity index (χ3n) is 1.43. The molecule has 0 unspecified atom stereocenters. The average Bonchev–Trinajstić information content (AvgIpc) is 2.48. The first-order valence-corrected chi connectivity index (χ1v) is 4.14. The Labute approximate surface area is 76.1 Å². The second kappa shape index (κ2) is 4.44. The zero-order chi connectivity index (χ0) is 9.68. The molecule has 0 aliphatic carbocycles. The molecule has 1 amide bonds. The maximum absolute atomic E-state index is 11.1. The van der Waals surface area contributed by atoms with Crippen molar-refractivity contribution in [1.29, 1.82) is 0 Å². The van der Waals surface area contributed by atoms with E-state index < -0.39 is 0 Å². The SMILES string of the molecule is CCCNC(=O)Cn1cc(N)nn1. The Hall–Kier alpha value is -1.59. The van der Waals surface area contributed by atoms with E-state index in [1.165, 1.54) is 10.9 Å². The van der Waals surface area contributed by atoms with Crippen molar-refractivity contribution < 1.29 is 4.79 Å². The van der Waals surface area contributed by atoms with Gasteiger partial charge in [-0.15, -0.1) is 5.10 Å². The summed E-state index contributed by atoms with van der Waals surface area (Å²) in [6.07, 6.45) is 2.44. The summed E-state index contributed by atoms with van der Waals surface area (Å²) in [5.41, 5.74) is 5.33. The molecule has 1 rings (SSSR count). The van der Waals surface area contributed by atoms with E-state index in [0.717, 1.165) is 6.42 Å². The molecule has 0 saturated heterocycles. The van der Waals surface area contributed by atoms with Gasteiger partial charge in [0, 0.05) is 6.54 Å². The van der Waals surface area contributed by atoms with Crippen molar-refractivity contribution in [3.63, 3.8) is 0 Å². The van der Waals surface area contributed by atoms with Crippen LogP contribution in [0.5, 0.6) is 0 Å². The predicted molar refractivity (Wildman–Crippen MR) is 47.7 cm³/mol. The lowest BCUT2D eigenvalue weighted by molar-refractivity contribution is -0.121. The van der Waals surface area contributed by atoms with Crippen molar-refractivity contribution in [3.8, 4) is 0 Å². The van der Waals surface area contributed by atoms with Gasteiger partial charge >= 0.3 is 0 Å². The summed E-state index contributed by atoms with van der Waals surface area (Å²) in [6.45, 7) is 2.85. The van der Waals surface area contributed by atoms with Crippen LogP contribution in [0.15, 0.2) is 6.20 Å². The number of rotatable bonds is 4. The maximum Gasteiger partial charge on any atom is 0.241 e. The van der Waals surface area contributed by atoms with E-state index in [0.29, 0.717) is 12.4 Å². The molecule has 0 aliphatic rings. The van der Waals surface area contributed by atoms with E-state index in [-0.39, 0.29) is 12.5 Å². The largest absolute Gasteiger partial charge is 0.381 e. The van der Waals surface area contributed by atoms with Crippen molar-refractivity contribution >= 4 is 11.7 Å². The monoisotopic (exact) mass is 183 g/mol. The Kier molecular flexibility index (Phi) is 3.24. The van der Waals surface area contributed by atoms with Gasteiger partial charge in [-0.25, -0.2) is 4.68 Å². The van der Waals surface area contributed by atoms with Gasteiger partial charge in [0.05, 0.1) is 6.20 Å². The lowest BCUT2D eigenvalue weighted by Gasteiger charge is -2.01. The molecule has 1 aromatic heterocycles. The average molecular weight is 183 g/mol. The van der Waals surface area contributed by atoms with Crippen LogP contribution in [0.1, 0.15) is 13.3 Å². The molecular weight excluding hydrogens is 170 g/mol. The number of aromatic nitrogens is 3. The maximum atomic E-state index is 11.1. The number of hydrogen-bond donors (Lipinski definition) is 2. The fraction of sp³-hybridized carbons (Fsp3) is 0.571. The van der Waals surface area contributed by atoms with Gasteiger partial charge in [0.2, 0.25) is 5.91 Å². The molecule has 0 bridgehead atoms. The Bertz CT molecular complexity index is 282. The molecule has 0 fully saturated rings. The normalized spacial score (nSPS) is 9.92. The number of carbonyl (C=O) groups excluding carboxylic acids is 1. The zero-order valence-electron chi connectivity index (χ0n) is 7.53. The van der Waals surface area contributed by atoms with E-state index in [2.05, 4.69) is 15.6 Å². The third kappa shape index (κ3) is 3.10. The lowest BCUT2D eigenvalue weighted by atomic mass is 10.4. The van der Waals surface area contributed by atoms with E-state index >= 15 is 0 Å². The molecular formula is C7H13N5O. The molecule has 1 heterocycles. The number of nitrogens with zero attached hydrogens (tertiary/aromatic N) is 3. The van der Waals surface area contributed by atoms with E-state index in [1.54, 1.807) is 0 Å². The highest BCUT2D eigenvalue weighted by Gasteiger charge is 2.02. The molecule has 0 spiro atoms. The van der Waals surface area contributed by atoms with Crippen molar-refractivity contribution in [2.45, 2.75) is 19.9 Å². The summed E-state index contributed by atoms with van der Waals surface area (Å²) in [7, 11) is 0. The van der Waals surface area contributed by atoms with Gasteiger partial charge in [0.1, 0.15) is 6.54 Å². The number of nitrogen functional groups attached to an aromatic ring is 1. The van der Waals surface area contributed by atoms with Crippen LogP contribution in [-0.2, 0) is 11.3 Å². The molecule has 0 saturated carbocycles. The summed E-state index contributed by atoms with van der Waals surface area (Å²) in [6, 6.07) is 0. The number of anilines is 1. The van der Waals surface area contributed by atoms with Crippen molar-refractivity contribution in [1.82, 2.24) is 20.3 Å². The number of nitrogens with one attached hydrogen (secondary N) is 1. The summed E-state index contributed by atoms with van der Waals surface area (Å²) in [4.78, 5) is 11.1. The van der Waals surface area contributed by atoms with Gasteiger partial charge in [-0.2, -0.15) is 0 Å². The number of nitrogens with two attached hydrogens (primary N) is 1. The Morgan fingerprint density at radius 3 is 3.08 bits per heavy atom. The summed E-state index contributed by atoms with van der Waals surface area (Å²) in [5, 5.41) is 9.93. The van der Waals surface area contributed by atoms with Gasteiger partial charge in [-0.3, -0.25) is 4.79 Å². The Balaban J connectivity index is 2.36. The third-order valence-corrected chi connectivity index (χ3v) is 1.43. The van der Waals surface area contributed by atoms with E-state index in [1.807, 2.05) is 6.92 Å². The van der Waals surface area contributed by atoms with Gasteiger partial charge in [0.25, 0.3) is 0 Å². The Morgan fingerprint density at radius 2 is 2.54 bits per heavy atom. The minimum Gasteiger partial charge on any atom is -0.381 e. The highest BCUT2D eigenvalue weighted by molar-refractivity contribution is 5.75. The quantitative estimate of drug-likeness (QED) is 0.651. The van der Waals surface area contributed by atoms with Gasteiger partial charge in [0.15, 0.2) is 5.82 Å². The Morgan fingerprint density at radius 1 is 1.77 bits per heavy atom. The van der Waals surface area contributed by atoms with Crippen LogP contribution in [-0.4, -0.2) is 27.4 Å². The van der Waals surface area contributed by atoms with Crippen LogP contribution in [0.3, 0.4) is 0 Å². The number of carbonyl (C=O) groups is 1. The van der Waals surface area contributed by atoms with Crippen LogP contribution in [0.4, 0.5) is 5.82 Å². The molecule has 13 heavy (non-hydrogen) atoms. The molecule has 1 aromatic rings. The highest BCUT2D eigenvalue weighted by Crippen LogP contribution is 1.91. The van der Waals surface area contributed by atoms with Gasteiger partial charge < -0.3 is 11.1 Å². The van der Waals surface area contributed by atoms with Crippen LogP contribution in [0, 0.1) is 0 Å². The van der Waals surface area contributed by atoms with Crippen molar-refractivity contribution in [2.75, 3.05) is 12.3 Å². The second-order valence-electron chi connectivity index (χ2n) is 2.69. The van der Waals surface area contributed by atoms with E-state index in [4.69, 9.17) is 5.73 Å². The topological polar surface area (TPSA) is 85.8 Å². The van der Waals surface area contributed by atoms with E-state index in [9.17, 15) is 4.79 Å². The first kappa shape index (κ1) is 9.50. The fourth-order valence-corrected chi connectivity index (χ4v) is 0.858. The molecule has 6 heteroatoms. The van der Waals surface area contributed by atoms with Gasteiger partial charge in [-0.1, -0.05) is 12.1 Å². The molecule has 3 N–H and O–H groups in total. The van der Waals surface area contributed by atoms with Gasteiger partial charge in [-0.05, 0) is 6.42 Å². The minimum absolute atomic E-state index is 0.0771. The highest BCUT2D eigenvalue weighted by atomic mass is 16.2. The molecule has 0 radical (unpaired) electrons. The van der Waals surface area contributed by atoms with Crippen LogP contribution in [0.25, 0.3) is 0 Å². The molecule has 0 aromatic carbocycles. The minimum atomic E-state index is -0.0771. The number of amides is 1. The number of hydrogen-bond acceptors (Lipinski definition) is 4. The molecule has 0 atom stereocenters. The summed E-state index contributed by atoms with van der Waals surface area (Å²) >= 11 is 0. The predicted octanol–water partition coefficient (Wildman–Crippen LogP) is -0.613. The summed E-state index contributed by atoms with van der Waals surface area (Å²) < 4.78 is 1.40. The van der Waals surface area contributed by atoms with Crippen LogP contribution in [0.2, 0.25) is 0 Å².